The molecule has 2 aliphatic rings. The molecule has 0 radical (unpaired) electrons. The molecule has 1 aliphatic carbocycles. The number of amides is 1. The largest absolute Gasteiger partial charge is 0.444 e. The summed E-state index contributed by atoms with van der Waals surface area (Å²) < 4.78 is 5.44. The first-order chi connectivity index (χ1) is 8.85. The van der Waals surface area contributed by atoms with Gasteiger partial charge in [-0.25, -0.2) is 4.79 Å². The van der Waals surface area contributed by atoms with E-state index < -0.39 is 5.60 Å². The molecule has 0 bridgehead atoms. The van der Waals surface area contributed by atoms with Crippen molar-refractivity contribution in [3.05, 3.63) is 0 Å². The van der Waals surface area contributed by atoms with Gasteiger partial charge >= 0.3 is 6.09 Å². The van der Waals surface area contributed by atoms with Crippen LogP contribution in [0.25, 0.3) is 0 Å². The molecule has 4 nitrogen and oxygen atoms in total. The molecule has 19 heavy (non-hydrogen) atoms. The highest BCUT2D eigenvalue weighted by molar-refractivity contribution is 5.74. The molecule has 4 heteroatoms. The van der Waals surface area contributed by atoms with E-state index in [-0.39, 0.29) is 17.6 Å². The number of hydrogen-bond donors (Lipinski definition) is 0. The van der Waals surface area contributed by atoms with Crippen molar-refractivity contribution in [3.8, 4) is 0 Å². The summed E-state index contributed by atoms with van der Waals surface area (Å²) in [5.74, 6) is 0. The van der Waals surface area contributed by atoms with Crippen molar-refractivity contribution in [2.45, 2.75) is 70.9 Å². The maximum absolute atomic E-state index is 12.3. The Hall–Kier alpha value is -1.06. The molecule has 1 unspecified atom stereocenters. The van der Waals surface area contributed by atoms with Crippen molar-refractivity contribution in [2.24, 2.45) is 5.41 Å². The fraction of sp³-hybridized carbons (Fsp3) is 0.867. The van der Waals surface area contributed by atoms with Crippen molar-refractivity contribution >= 4 is 12.4 Å². The van der Waals surface area contributed by atoms with Crippen LogP contribution in [0, 0.1) is 5.41 Å². The van der Waals surface area contributed by atoms with Crippen molar-refractivity contribution in [1.82, 2.24) is 4.90 Å². The summed E-state index contributed by atoms with van der Waals surface area (Å²) in [5, 5.41) is 0. The molecule has 0 aromatic rings. The molecule has 0 N–H and O–H groups in total. The van der Waals surface area contributed by atoms with Gasteiger partial charge in [-0.1, -0.05) is 12.8 Å². The van der Waals surface area contributed by atoms with Crippen LogP contribution >= 0.6 is 0 Å². The zero-order valence-electron chi connectivity index (χ0n) is 12.3. The highest BCUT2D eigenvalue weighted by Crippen LogP contribution is 2.46. The first kappa shape index (κ1) is 14.4. The van der Waals surface area contributed by atoms with Gasteiger partial charge < -0.3 is 9.53 Å². The fourth-order valence-electron chi connectivity index (χ4n) is 3.36. The van der Waals surface area contributed by atoms with Crippen LogP contribution in [0.5, 0.6) is 0 Å². The minimum absolute atomic E-state index is 0.246. The molecule has 2 fully saturated rings. The third-order valence-electron chi connectivity index (χ3n) is 4.33. The number of likely N-dealkylation sites (tertiary alicyclic amines) is 1. The van der Waals surface area contributed by atoms with Gasteiger partial charge in [0.05, 0.1) is 6.04 Å². The van der Waals surface area contributed by atoms with E-state index in [9.17, 15) is 9.59 Å². The lowest BCUT2D eigenvalue weighted by molar-refractivity contribution is -0.115. The molecule has 1 amide bonds. The van der Waals surface area contributed by atoms with Crippen LogP contribution in [-0.2, 0) is 9.53 Å². The molecule has 108 valence electrons. The normalized spacial score (nSPS) is 26.5. The quantitative estimate of drug-likeness (QED) is 0.686. The van der Waals surface area contributed by atoms with E-state index in [2.05, 4.69) is 0 Å². The lowest BCUT2D eigenvalue weighted by Crippen LogP contribution is -2.52. The number of rotatable bonds is 1. The Kier molecular flexibility index (Phi) is 3.88. The first-order valence-electron chi connectivity index (χ1n) is 7.30. The van der Waals surface area contributed by atoms with Gasteiger partial charge in [-0.05, 0) is 51.9 Å². The predicted molar refractivity (Wildman–Crippen MR) is 72.9 cm³/mol. The Morgan fingerprint density at radius 2 is 1.89 bits per heavy atom. The Bertz CT molecular complexity index is 353. The van der Waals surface area contributed by atoms with Crippen LogP contribution in [0.15, 0.2) is 0 Å². The van der Waals surface area contributed by atoms with Gasteiger partial charge in [0.25, 0.3) is 0 Å². The standard InChI is InChI=1S/C15H25NO3/c1-14(2,3)19-13(18)16-11-15(7-4-5-8-15)9-6-12(16)10-17/h10,12H,4-9,11H2,1-3H3. The highest BCUT2D eigenvalue weighted by Gasteiger charge is 2.44. The topological polar surface area (TPSA) is 46.6 Å². The summed E-state index contributed by atoms with van der Waals surface area (Å²) in [7, 11) is 0. The van der Waals surface area contributed by atoms with Gasteiger partial charge in [0.2, 0.25) is 0 Å². The molecule has 1 atom stereocenters. The zero-order chi connectivity index (χ0) is 14.1. The van der Waals surface area contributed by atoms with Crippen LogP contribution in [0.1, 0.15) is 59.3 Å². The molecule has 1 aliphatic heterocycles. The zero-order valence-corrected chi connectivity index (χ0v) is 12.3. The molecular formula is C15H25NO3. The molecule has 1 spiro atoms. The van der Waals surface area contributed by atoms with Crippen molar-refractivity contribution in [2.75, 3.05) is 6.54 Å². The van der Waals surface area contributed by atoms with E-state index in [1.54, 1.807) is 4.90 Å². The molecule has 0 aromatic heterocycles. The molecule has 1 heterocycles. The number of piperidine rings is 1. The number of nitrogens with zero attached hydrogens (tertiary/aromatic N) is 1. The third-order valence-corrected chi connectivity index (χ3v) is 4.33. The lowest BCUT2D eigenvalue weighted by Gasteiger charge is -2.43. The average molecular weight is 267 g/mol. The second-order valence-electron chi connectivity index (χ2n) is 7.06. The second-order valence-corrected chi connectivity index (χ2v) is 7.06. The lowest BCUT2D eigenvalue weighted by atomic mass is 9.76. The van der Waals surface area contributed by atoms with Gasteiger partial charge in [0.15, 0.2) is 0 Å². The van der Waals surface area contributed by atoms with E-state index >= 15 is 0 Å². The van der Waals surface area contributed by atoms with Crippen LogP contribution < -0.4 is 0 Å². The number of carbonyl (C=O) groups is 2. The summed E-state index contributed by atoms with van der Waals surface area (Å²) in [4.78, 5) is 25.1. The number of carbonyl (C=O) groups excluding carboxylic acids is 2. The Morgan fingerprint density at radius 3 is 2.42 bits per heavy atom. The summed E-state index contributed by atoms with van der Waals surface area (Å²) >= 11 is 0. The fourth-order valence-corrected chi connectivity index (χ4v) is 3.36. The minimum atomic E-state index is -0.509. The van der Waals surface area contributed by atoms with Gasteiger partial charge in [-0.3, -0.25) is 4.90 Å². The minimum Gasteiger partial charge on any atom is -0.444 e. The number of aldehydes is 1. The first-order valence-corrected chi connectivity index (χ1v) is 7.30. The summed E-state index contributed by atoms with van der Waals surface area (Å²) in [6.07, 6.45) is 7.25. The van der Waals surface area contributed by atoms with Gasteiger partial charge in [0.1, 0.15) is 11.9 Å². The molecule has 1 saturated carbocycles. The summed E-state index contributed by atoms with van der Waals surface area (Å²) in [6, 6.07) is -0.305. The number of hydrogen-bond acceptors (Lipinski definition) is 3. The van der Waals surface area contributed by atoms with Gasteiger partial charge in [-0.2, -0.15) is 0 Å². The van der Waals surface area contributed by atoms with Crippen LogP contribution in [-0.4, -0.2) is 35.5 Å². The second kappa shape index (κ2) is 5.14. The maximum atomic E-state index is 12.3. The van der Waals surface area contributed by atoms with Crippen molar-refractivity contribution in [3.63, 3.8) is 0 Å². The van der Waals surface area contributed by atoms with Gasteiger partial charge in [0, 0.05) is 6.54 Å². The molecule has 1 saturated heterocycles. The van der Waals surface area contributed by atoms with Gasteiger partial charge in [-0.15, -0.1) is 0 Å². The Morgan fingerprint density at radius 1 is 1.26 bits per heavy atom. The van der Waals surface area contributed by atoms with Crippen LogP contribution in [0.3, 0.4) is 0 Å². The van der Waals surface area contributed by atoms with E-state index in [0.29, 0.717) is 6.54 Å². The van der Waals surface area contributed by atoms with Crippen molar-refractivity contribution < 1.29 is 14.3 Å². The Labute approximate surface area is 115 Å². The summed E-state index contributed by atoms with van der Waals surface area (Å²) in [6.45, 7) is 6.26. The van der Waals surface area contributed by atoms with E-state index in [1.165, 1.54) is 25.7 Å². The third kappa shape index (κ3) is 3.28. The van der Waals surface area contributed by atoms with Crippen LogP contribution in [0.2, 0.25) is 0 Å². The van der Waals surface area contributed by atoms with Crippen molar-refractivity contribution in [1.29, 1.82) is 0 Å². The van der Waals surface area contributed by atoms with E-state index in [1.807, 2.05) is 20.8 Å². The Balaban J connectivity index is 2.09. The molecular weight excluding hydrogens is 242 g/mol. The average Bonchev–Trinajstić information content (AvgIpc) is 2.75. The number of ether oxygens (including phenoxy) is 1. The molecule has 2 rings (SSSR count). The summed E-state index contributed by atoms with van der Waals surface area (Å²) in [5.41, 5.74) is -0.263. The van der Waals surface area contributed by atoms with E-state index in [0.717, 1.165) is 19.1 Å². The molecule has 0 aromatic carbocycles. The van der Waals surface area contributed by atoms with E-state index in [4.69, 9.17) is 4.74 Å². The smallest absolute Gasteiger partial charge is 0.410 e. The predicted octanol–water partition coefficient (Wildman–Crippen LogP) is 3.15. The maximum Gasteiger partial charge on any atom is 0.410 e. The SMILES string of the molecule is CC(C)(C)OC(=O)N1CC2(CCCC2)CCC1C=O. The van der Waals surface area contributed by atoms with Crippen LogP contribution in [0.4, 0.5) is 4.79 Å². The highest BCUT2D eigenvalue weighted by atomic mass is 16.6. The monoisotopic (exact) mass is 267 g/mol.